The maximum atomic E-state index is 13.9. The van der Waals surface area contributed by atoms with E-state index in [0.717, 1.165) is 25.6 Å². The number of carbonyl (C=O) groups excluding carboxylic acids is 1. The second-order valence-corrected chi connectivity index (χ2v) is 7.11. The van der Waals surface area contributed by atoms with Gasteiger partial charge in [0.05, 0.1) is 25.5 Å². The number of pyridine rings is 1. The predicted octanol–water partition coefficient (Wildman–Crippen LogP) is 1.69. The molecule has 10 heteroatoms. The van der Waals surface area contributed by atoms with Crippen LogP contribution in [-0.2, 0) is 0 Å². The number of hydrogen-bond acceptors (Lipinski definition) is 7. The minimum absolute atomic E-state index is 0.122. The van der Waals surface area contributed by atoms with Gasteiger partial charge in [0, 0.05) is 24.8 Å². The number of rotatable bonds is 7. The zero-order chi connectivity index (χ0) is 21.1. The van der Waals surface area contributed by atoms with Crippen LogP contribution in [0.3, 0.4) is 0 Å². The maximum absolute atomic E-state index is 13.9. The Balaban J connectivity index is 1.66. The first kappa shape index (κ1) is 20.0. The second kappa shape index (κ2) is 8.62. The summed E-state index contributed by atoms with van der Waals surface area (Å²) in [5.74, 6) is 0.442. The third-order valence-corrected chi connectivity index (χ3v) is 5.21. The number of nitrogens with one attached hydrogen (secondary N) is 1. The number of ether oxygens (including phenoxy) is 1. The first-order chi connectivity index (χ1) is 14.6. The Hall–Kier alpha value is -3.27. The number of amides is 1. The molecule has 158 valence electrons. The van der Waals surface area contributed by atoms with E-state index in [9.17, 15) is 9.18 Å². The molecule has 0 saturated carbocycles. The fourth-order valence-electron chi connectivity index (χ4n) is 3.79. The quantitative estimate of drug-likeness (QED) is 0.567. The molecule has 1 aliphatic rings. The second-order valence-electron chi connectivity index (χ2n) is 7.11. The van der Waals surface area contributed by atoms with Gasteiger partial charge >= 0.3 is 0 Å². The third-order valence-electron chi connectivity index (χ3n) is 5.21. The van der Waals surface area contributed by atoms with E-state index in [4.69, 9.17) is 15.5 Å². The topological polar surface area (TPSA) is 111 Å². The number of hydrogen-bond donors (Lipinski definition) is 2. The smallest absolute Gasteiger partial charge is 0.256 e. The lowest BCUT2D eigenvalue weighted by molar-refractivity contribution is 0.0955. The Labute approximate surface area is 173 Å². The largest absolute Gasteiger partial charge is 0.481 e. The fraction of sp³-hybridized carbons (Fsp3) is 0.400. The van der Waals surface area contributed by atoms with E-state index in [0.29, 0.717) is 48.0 Å². The average Bonchev–Trinajstić information content (AvgIpc) is 3.40. The lowest BCUT2D eigenvalue weighted by atomic mass is 10.1. The summed E-state index contributed by atoms with van der Waals surface area (Å²) in [5.41, 5.74) is 7.03. The van der Waals surface area contributed by atoms with E-state index in [2.05, 4.69) is 20.3 Å². The first-order valence-corrected chi connectivity index (χ1v) is 9.91. The highest BCUT2D eigenvalue weighted by Crippen LogP contribution is 2.38. The van der Waals surface area contributed by atoms with Gasteiger partial charge in [-0.15, -0.1) is 0 Å². The van der Waals surface area contributed by atoms with Gasteiger partial charge in [-0.1, -0.05) is 0 Å². The van der Waals surface area contributed by atoms with E-state index in [-0.39, 0.29) is 11.9 Å². The van der Waals surface area contributed by atoms with Gasteiger partial charge in [0.25, 0.3) is 5.91 Å². The standard InChI is InChI=1S/C20H24FN7O2/c1-30-20-14(10-13(21)11-24-20)16-4-2-8-27(16)17-5-9-28-18(26-17)15(12-25-28)19(29)23-7-3-6-22/h5,9-12,16H,2-4,6-8,22H2,1H3,(H,23,29)/t16-/m1/s1. The van der Waals surface area contributed by atoms with Gasteiger partial charge in [0.15, 0.2) is 5.65 Å². The highest BCUT2D eigenvalue weighted by molar-refractivity contribution is 5.99. The molecule has 30 heavy (non-hydrogen) atoms. The van der Waals surface area contributed by atoms with Crippen molar-refractivity contribution in [2.45, 2.75) is 25.3 Å². The van der Waals surface area contributed by atoms with Crippen LogP contribution in [0.25, 0.3) is 5.65 Å². The number of nitrogens with zero attached hydrogens (tertiary/aromatic N) is 5. The molecular weight excluding hydrogens is 389 g/mol. The predicted molar refractivity (Wildman–Crippen MR) is 109 cm³/mol. The number of methoxy groups -OCH3 is 1. The molecule has 1 amide bonds. The number of nitrogens with two attached hydrogens (primary N) is 1. The van der Waals surface area contributed by atoms with Crippen molar-refractivity contribution in [2.75, 3.05) is 31.6 Å². The number of fused-ring (bicyclic) bond motifs is 1. The fourth-order valence-corrected chi connectivity index (χ4v) is 3.79. The Bertz CT molecular complexity index is 1050. The van der Waals surface area contributed by atoms with Crippen LogP contribution in [0.5, 0.6) is 5.88 Å². The van der Waals surface area contributed by atoms with Crippen molar-refractivity contribution in [1.82, 2.24) is 24.9 Å². The molecule has 9 nitrogen and oxygen atoms in total. The minimum Gasteiger partial charge on any atom is -0.481 e. The Morgan fingerprint density at radius 1 is 1.43 bits per heavy atom. The lowest BCUT2D eigenvalue weighted by Crippen LogP contribution is -2.26. The monoisotopic (exact) mass is 413 g/mol. The lowest BCUT2D eigenvalue weighted by Gasteiger charge is -2.26. The summed E-state index contributed by atoms with van der Waals surface area (Å²) in [7, 11) is 1.52. The molecule has 0 radical (unpaired) electrons. The Morgan fingerprint density at radius 2 is 2.30 bits per heavy atom. The van der Waals surface area contributed by atoms with Crippen LogP contribution in [0, 0.1) is 5.82 Å². The van der Waals surface area contributed by atoms with E-state index < -0.39 is 5.82 Å². The molecule has 4 rings (SSSR count). The Kier molecular flexibility index (Phi) is 5.75. The molecule has 4 heterocycles. The molecule has 1 saturated heterocycles. The summed E-state index contributed by atoms with van der Waals surface area (Å²) in [5, 5.41) is 7.05. The number of carbonyl (C=O) groups is 1. The van der Waals surface area contributed by atoms with Gasteiger partial charge in [-0.25, -0.2) is 18.9 Å². The van der Waals surface area contributed by atoms with Crippen molar-refractivity contribution in [3.63, 3.8) is 0 Å². The Morgan fingerprint density at radius 3 is 3.10 bits per heavy atom. The van der Waals surface area contributed by atoms with E-state index in [1.807, 2.05) is 6.07 Å². The molecule has 1 aliphatic heterocycles. The molecular formula is C20H24FN7O2. The molecule has 3 N–H and O–H groups in total. The molecule has 3 aromatic heterocycles. The van der Waals surface area contributed by atoms with Gasteiger partial charge in [-0.2, -0.15) is 5.10 Å². The third kappa shape index (κ3) is 3.78. The van der Waals surface area contributed by atoms with Crippen molar-refractivity contribution in [3.8, 4) is 5.88 Å². The van der Waals surface area contributed by atoms with E-state index in [1.54, 1.807) is 10.7 Å². The van der Waals surface area contributed by atoms with Crippen molar-refractivity contribution in [2.24, 2.45) is 5.73 Å². The summed E-state index contributed by atoms with van der Waals surface area (Å²) < 4.78 is 20.8. The zero-order valence-electron chi connectivity index (χ0n) is 16.7. The number of aromatic nitrogens is 4. The molecule has 0 aliphatic carbocycles. The summed E-state index contributed by atoms with van der Waals surface area (Å²) in [4.78, 5) is 23.4. The summed E-state index contributed by atoms with van der Waals surface area (Å²) in [6.45, 7) is 1.75. The number of anilines is 1. The SMILES string of the molecule is COc1ncc(F)cc1[C@H]1CCCN1c1ccn2ncc(C(=O)NCCCN)c2n1. The van der Waals surface area contributed by atoms with Crippen LogP contribution in [0.2, 0.25) is 0 Å². The highest BCUT2D eigenvalue weighted by Gasteiger charge is 2.31. The molecule has 0 bridgehead atoms. The molecule has 0 unspecified atom stereocenters. The van der Waals surface area contributed by atoms with Crippen molar-refractivity contribution in [3.05, 3.63) is 47.7 Å². The summed E-state index contributed by atoms with van der Waals surface area (Å²) in [6, 6.07) is 3.18. The molecule has 0 spiro atoms. The van der Waals surface area contributed by atoms with Crippen LogP contribution < -0.4 is 20.7 Å². The van der Waals surface area contributed by atoms with Gasteiger partial charge < -0.3 is 20.7 Å². The van der Waals surface area contributed by atoms with Gasteiger partial charge in [0.2, 0.25) is 5.88 Å². The highest BCUT2D eigenvalue weighted by atomic mass is 19.1. The van der Waals surface area contributed by atoms with Gasteiger partial charge in [-0.05, 0) is 37.9 Å². The van der Waals surface area contributed by atoms with E-state index >= 15 is 0 Å². The van der Waals surface area contributed by atoms with Gasteiger partial charge in [-0.3, -0.25) is 4.79 Å². The van der Waals surface area contributed by atoms with Crippen LogP contribution in [0.15, 0.2) is 30.7 Å². The number of halogens is 1. The molecule has 1 atom stereocenters. The van der Waals surface area contributed by atoms with Crippen LogP contribution in [0.4, 0.5) is 10.2 Å². The average molecular weight is 413 g/mol. The minimum atomic E-state index is -0.409. The van der Waals surface area contributed by atoms with Crippen molar-refractivity contribution < 1.29 is 13.9 Å². The van der Waals surface area contributed by atoms with Crippen molar-refractivity contribution in [1.29, 1.82) is 0 Å². The van der Waals surface area contributed by atoms with Crippen LogP contribution >= 0.6 is 0 Å². The van der Waals surface area contributed by atoms with Crippen LogP contribution in [0.1, 0.15) is 41.2 Å². The summed E-state index contributed by atoms with van der Waals surface area (Å²) >= 11 is 0. The molecule has 3 aromatic rings. The zero-order valence-corrected chi connectivity index (χ0v) is 16.7. The normalized spacial score (nSPS) is 16.2. The van der Waals surface area contributed by atoms with Crippen molar-refractivity contribution >= 4 is 17.4 Å². The molecule has 1 fully saturated rings. The summed E-state index contributed by atoms with van der Waals surface area (Å²) in [6.07, 6.45) is 6.86. The van der Waals surface area contributed by atoms with Crippen LogP contribution in [-0.4, -0.2) is 52.2 Å². The van der Waals surface area contributed by atoms with Gasteiger partial charge in [0.1, 0.15) is 17.2 Å². The van der Waals surface area contributed by atoms with E-state index in [1.165, 1.54) is 19.4 Å². The maximum Gasteiger partial charge on any atom is 0.256 e. The molecule has 0 aromatic carbocycles. The first-order valence-electron chi connectivity index (χ1n) is 9.91.